The number of aliphatic hydroxyl groups excluding tert-OH is 3. The number of rotatable bonds is 7. The summed E-state index contributed by atoms with van der Waals surface area (Å²) in [6.07, 6.45) is 0.154. The first-order valence-corrected chi connectivity index (χ1v) is 5.52. The largest absolute Gasteiger partial charge is 0.396 e. The zero-order valence-corrected chi connectivity index (χ0v) is 10.7. The fourth-order valence-electron chi connectivity index (χ4n) is 0.607. The van der Waals surface area contributed by atoms with Crippen molar-refractivity contribution in [1.29, 1.82) is 0 Å². The van der Waals surface area contributed by atoms with Crippen molar-refractivity contribution in [2.45, 2.75) is 45.5 Å². The molecule has 3 atom stereocenters. The van der Waals surface area contributed by atoms with Gasteiger partial charge in [0.15, 0.2) is 0 Å². The van der Waals surface area contributed by atoms with Gasteiger partial charge in [-0.05, 0) is 27.2 Å². The Kier molecular flexibility index (Phi) is 14.6. The lowest BCUT2D eigenvalue weighted by molar-refractivity contribution is -0.0313. The van der Waals surface area contributed by atoms with Crippen LogP contribution in [0.2, 0.25) is 0 Å². The predicted molar refractivity (Wildman–Crippen MR) is 62.4 cm³/mol. The molecule has 0 amide bonds. The van der Waals surface area contributed by atoms with Crippen molar-refractivity contribution < 1.29 is 24.8 Å². The van der Waals surface area contributed by atoms with Gasteiger partial charge in [0, 0.05) is 13.7 Å². The molecule has 0 aliphatic carbocycles. The zero-order chi connectivity index (χ0) is 13.0. The third kappa shape index (κ3) is 16.2. The SMILES string of the molecule is CC(O)CCO.COC(C)COC(C)CO. The lowest BCUT2D eigenvalue weighted by Crippen LogP contribution is -2.21. The molecule has 0 heterocycles. The summed E-state index contributed by atoms with van der Waals surface area (Å²) in [4.78, 5) is 0. The van der Waals surface area contributed by atoms with Crippen LogP contribution in [0.1, 0.15) is 27.2 Å². The van der Waals surface area contributed by atoms with Gasteiger partial charge in [-0.1, -0.05) is 0 Å². The van der Waals surface area contributed by atoms with E-state index in [0.29, 0.717) is 13.0 Å². The molecular formula is C11H26O5. The fourth-order valence-corrected chi connectivity index (χ4v) is 0.607. The second kappa shape index (κ2) is 12.9. The number of ether oxygens (including phenoxy) is 2. The second-order valence-corrected chi connectivity index (χ2v) is 3.73. The third-order valence-electron chi connectivity index (χ3n) is 1.82. The second-order valence-electron chi connectivity index (χ2n) is 3.73. The Bertz CT molecular complexity index is 120. The number of hydrogen-bond acceptors (Lipinski definition) is 5. The molecule has 0 aromatic carbocycles. The summed E-state index contributed by atoms with van der Waals surface area (Å²) in [6, 6.07) is 0. The van der Waals surface area contributed by atoms with E-state index in [0.717, 1.165) is 0 Å². The number of aliphatic hydroxyl groups is 3. The molecule has 0 aliphatic rings. The summed E-state index contributed by atoms with van der Waals surface area (Å²) >= 11 is 0. The van der Waals surface area contributed by atoms with Gasteiger partial charge in [-0.15, -0.1) is 0 Å². The Hall–Kier alpha value is -0.200. The summed E-state index contributed by atoms with van der Waals surface area (Å²) in [5, 5.41) is 25.0. The van der Waals surface area contributed by atoms with E-state index in [1.54, 1.807) is 14.0 Å². The van der Waals surface area contributed by atoms with Gasteiger partial charge in [0.2, 0.25) is 0 Å². The van der Waals surface area contributed by atoms with Crippen LogP contribution in [0.3, 0.4) is 0 Å². The minimum atomic E-state index is -0.352. The molecule has 5 nitrogen and oxygen atoms in total. The Morgan fingerprint density at radius 2 is 1.62 bits per heavy atom. The van der Waals surface area contributed by atoms with Gasteiger partial charge >= 0.3 is 0 Å². The van der Waals surface area contributed by atoms with Crippen LogP contribution in [0.5, 0.6) is 0 Å². The first-order chi connectivity index (χ1) is 7.47. The minimum Gasteiger partial charge on any atom is -0.396 e. The molecular weight excluding hydrogens is 212 g/mol. The molecule has 5 heteroatoms. The Labute approximate surface area is 98.0 Å². The van der Waals surface area contributed by atoms with Crippen molar-refractivity contribution in [2.24, 2.45) is 0 Å². The van der Waals surface area contributed by atoms with E-state index in [1.807, 2.05) is 13.8 Å². The van der Waals surface area contributed by atoms with Gasteiger partial charge in [-0.2, -0.15) is 0 Å². The van der Waals surface area contributed by atoms with Crippen LogP contribution in [-0.2, 0) is 9.47 Å². The molecule has 0 bridgehead atoms. The van der Waals surface area contributed by atoms with Crippen molar-refractivity contribution in [3.05, 3.63) is 0 Å². The predicted octanol–water partition coefficient (Wildman–Crippen LogP) is 0.168. The Morgan fingerprint density at radius 1 is 1.06 bits per heavy atom. The molecule has 0 saturated heterocycles. The normalized spacial score (nSPS) is 15.9. The standard InChI is InChI=1S/C7H16O3.C4H10O2/c1-6(4-8)10-5-7(2)9-3;1-4(6)2-3-5/h6-8H,4-5H2,1-3H3;4-6H,2-3H2,1H3. The van der Waals surface area contributed by atoms with Crippen molar-refractivity contribution >= 4 is 0 Å². The van der Waals surface area contributed by atoms with E-state index in [-0.39, 0.29) is 31.5 Å². The molecule has 16 heavy (non-hydrogen) atoms. The van der Waals surface area contributed by atoms with Gasteiger partial charge in [0.1, 0.15) is 0 Å². The van der Waals surface area contributed by atoms with Gasteiger partial charge in [-0.25, -0.2) is 0 Å². The van der Waals surface area contributed by atoms with Gasteiger partial charge in [0.25, 0.3) is 0 Å². The van der Waals surface area contributed by atoms with Crippen LogP contribution in [0.25, 0.3) is 0 Å². The molecule has 0 rings (SSSR count). The molecule has 3 N–H and O–H groups in total. The molecule has 0 spiro atoms. The highest BCUT2D eigenvalue weighted by molar-refractivity contribution is 4.49. The molecule has 0 aromatic heterocycles. The summed E-state index contributed by atoms with van der Waals surface area (Å²) in [7, 11) is 1.64. The quantitative estimate of drug-likeness (QED) is 0.589. The summed E-state index contributed by atoms with van der Waals surface area (Å²) in [5.41, 5.74) is 0. The van der Waals surface area contributed by atoms with Crippen LogP contribution >= 0.6 is 0 Å². The Balaban J connectivity index is 0. The van der Waals surface area contributed by atoms with Crippen LogP contribution in [0, 0.1) is 0 Å². The van der Waals surface area contributed by atoms with Crippen molar-refractivity contribution in [2.75, 3.05) is 26.9 Å². The monoisotopic (exact) mass is 238 g/mol. The maximum Gasteiger partial charge on any atom is 0.0779 e. The average Bonchev–Trinajstić information content (AvgIpc) is 2.25. The highest BCUT2D eigenvalue weighted by Crippen LogP contribution is 1.93. The summed E-state index contributed by atoms with van der Waals surface area (Å²) in [6.45, 7) is 6.08. The fraction of sp³-hybridized carbons (Fsp3) is 1.00. The molecule has 0 saturated carbocycles. The zero-order valence-electron chi connectivity index (χ0n) is 10.7. The van der Waals surface area contributed by atoms with E-state index in [9.17, 15) is 0 Å². The molecule has 0 fully saturated rings. The topological polar surface area (TPSA) is 79.2 Å². The first-order valence-electron chi connectivity index (χ1n) is 5.52. The van der Waals surface area contributed by atoms with Crippen molar-refractivity contribution in [3.63, 3.8) is 0 Å². The van der Waals surface area contributed by atoms with Crippen LogP contribution in [0.15, 0.2) is 0 Å². The molecule has 0 aliphatic heterocycles. The molecule has 100 valence electrons. The molecule has 0 aromatic rings. The van der Waals surface area contributed by atoms with Gasteiger partial charge < -0.3 is 24.8 Å². The van der Waals surface area contributed by atoms with Crippen LogP contribution in [0.4, 0.5) is 0 Å². The van der Waals surface area contributed by atoms with E-state index in [4.69, 9.17) is 24.8 Å². The average molecular weight is 238 g/mol. The third-order valence-corrected chi connectivity index (χ3v) is 1.82. The van der Waals surface area contributed by atoms with Gasteiger partial charge in [0.05, 0.1) is 31.5 Å². The maximum absolute atomic E-state index is 8.55. The summed E-state index contributed by atoms with van der Waals surface area (Å²) in [5.74, 6) is 0. The van der Waals surface area contributed by atoms with E-state index in [2.05, 4.69) is 0 Å². The highest BCUT2D eigenvalue weighted by atomic mass is 16.5. The summed E-state index contributed by atoms with van der Waals surface area (Å²) < 4.78 is 10.1. The van der Waals surface area contributed by atoms with E-state index in [1.165, 1.54) is 0 Å². The van der Waals surface area contributed by atoms with Crippen molar-refractivity contribution in [3.8, 4) is 0 Å². The Morgan fingerprint density at radius 3 is 1.88 bits per heavy atom. The highest BCUT2D eigenvalue weighted by Gasteiger charge is 2.03. The van der Waals surface area contributed by atoms with Crippen LogP contribution < -0.4 is 0 Å². The lowest BCUT2D eigenvalue weighted by atomic mass is 10.3. The molecule has 3 unspecified atom stereocenters. The smallest absolute Gasteiger partial charge is 0.0779 e. The number of hydrogen-bond donors (Lipinski definition) is 3. The maximum atomic E-state index is 8.55. The first kappa shape index (κ1) is 18.2. The minimum absolute atomic E-state index is 0.0659. The van der Waals surface area contributed by atoms with Crippen molar-refractivity contribution in [1.82, 2.24) is 0 Å². The molecule has 0 radical (unpaired) electrons. The van der Waals surface area contributed by atoms with Gasteiger partial charge in [-0.3, -0.25) is 0 Å². The van der Waals surface area contributed by atoms with Crippen LogP contribution in [-0.4, -0.2) is 60.6 Å². The van der Waals surface area contributed by atoms with E-state index >= 15 is 0 Å². The lowest BCUT2D eigenvalue weighted by Gasteiger charge is -2.13. The number of methoxy groups -OCH3 is 1. The van der Waals surface area contributed by atoms with E-state index < -0.39 is 0 Å².